The molecule has 1 N–H and O–H groups in total. The topological polar surface area (TPSA) is 67.3 Å². The summed E-state index contributed by atoms with van der Waals surface area (Å²) in [6.45, 7) is 2.05. The predicted octanol–water partition coefficient (Wildman–Crippen LogP) is 3.47. The lowest BCUT2D eigenvalue weighted by atomic mass is 10.3. The van der Waals surface area contributed by atoms with Crippen molar-refractivity contribution in [1.29, 1.82) is 0 Å². The molecule has 0 radical (unpaired) electrons. The minimum absolute atomic E-state index is 0.146. The Balaban J connectivity index is 1.59. The lowest BCUT2D eigenvalue weighted by Crippen LogP contribution is -2.19. The second-order valence-electron chi connectivity index (χ2n) is 5.59. The maximum Gasteiger partial charge on any atom is 0.234 e. The Morgan fingerprint density at radius 3 is 2.88 bits per heavy atom. The van der Waals surface area contributed by atoms with Gasteiger partial charge in [-0.15, -0.1) is 0 Å². The van der Waals surface area contributed by atoms with Gasteiger partial charge in [-0.2, -0.15) is 0 Å². The number of rotatable bonds is 6. The fourth-order valence-electron chi connectivity index (χ4n) is 2.63. The van der Waals surface area contributed by atoms with Crippen LogP contribution in [0.25, 0.3) is 0 Å². The van der Waals surface area contributed by atoms with E-state index in [0.717, 1.165) is 23.9 Å². The smallest absolute Gasteiger partial charge is 0.234 e. The molecule has 25 heavy (non-hydrogen) atoms. The van der Waals surface area contributed by atoms with Crippen LogP contribution in [0, 0.1) is 0 Å². The van der Waals surface area contributed by atoms with Gasteiger partial charge in [0, 0.05) is 24.2 Å². The first-order valence-electron chi connectivity index (χ1n) is 7.99. The molecule has 1 saturated heterocycles. The number of hydrogen-bond donors (Lipinski definition) is 1. The molecule has 0 aliphatic carbocycles. The molecule has 0 spiro atoms. The summed E-state index contributed by atoms with van der Waals surface area (Å²) in [5.41, 5.74) is 0.557. The normalized spacial score (nSPS) is 13.8. The SMILES string of the molecule is COc1ccc(Cl)cc1NC(=O)CSc1cc(N2CCCC2)ncn1. The third-order valence-corrected chi connectivity index (χ3v) is 5.01. The summed E-state index contributed by atoms with van der Waals surface area (Å²) in [7, 11) is 1.55. The van der Waals surface area contributed by atoms with Crippen molar-refractivity contribution >= 4 is 40.8 Å². The number of hydrogen-bond acceptors (Lipinski definition) is 6. The van der Waals surface area contributed by atoms with Crippen LogP contribution in [0.1, 0.15) is 12.8 Å². The van der Waals surface area contributed by atoms with E-state index < -0.39 is 0 Å². The van der Waals surface area contributed by atoms with Crippen LogP contribution in [0.3, 0.4) is 0 Å². The standard InChI is InChI=1S/C17H19ClN4O2S/c1-24-14-5-4-12(18)8-13(14)21-16(23)10-25-17-9-15(19-11-20-17)22-6-2-3-7-22/h4-5,8-9,11H,2-3,6-7,10H2,1H3,(H,21,23). The molecule has 1 aliphatic heterocycles. The second kappa shape index (κ2) is 8.40. The lowest BCUT2D eigenvalue weighted by Gasteiger charge is -2.16. The second-order valence-corrected chi connectivity index (χ2v) is 7.02. The minimum atomic E-state index is -0.146. The molecule has 0 atom stereocenters. The number of thioether (sulfide) groups is 1. The molecule has 132 valence electrons. The van der Waals surface area contributed by atoms with Gasteiger partial charge in [-0.3, -0.25) is 4.79 Å². The molecule has 1 aromatic carbocycles. The molecule has 0 bridgehead atoms. The molecule has 1 aliphatic rings. The number of methoxy groups -OCH3 is 1. The van der Waals surface area contributed by atoms with E-state index in [9.17, 15) is 4.79 Å². The molecular formula is C17H19ClN4O2S. The fourth-order valence-corrected chi connectivity index (χ4v) is 3.47. The van der Waals surface area contributed by atoms with Gasteiger partial charge < -0.3 is 15.0 Å². The molecule has 3 rings (SSSR count). The van der Waals surface area contributed by atoms with Crippen molar-refractivity contribution in [2.75, 3.05) is 36.2 Å². The van der Waals surface area contributed by atoms with Crippen molar-refractivity contribution in [3.63, 3.8) is 0 Å². The zero-order valence-corrected chi connectivity index (χ0v) is 15.4. The number of ether oxygens (including phenoxy) is 1. The average Bonchev–Trinajstić information content (AvgIpc) is 3.15. The molecular weight excluding hydrogens is 360 g/mol. The van der Waals surface area contributed by atoms with E-state index in [1.54, 1.807) is 31.6 Å². The monoisotopic (exact) mass is 378 g/mol. The van der Waals surface area contributed by atoms with Crippen LogP contribution in [0.4, 0.5) is 11.5 Å². The zero-order chi connectivity index (χ0) is 17.6. The summed E-state index contributed by atoms with van der Waals surface area (Å²) < 4.78 is 5.23. The summed E-state index contributed by atoms with van der Waals surface area (Å²) in [5.74, 6) is 1.59. The number of halogens is 1. The highest BCUT2D eigenvalue weighted by Gasteiger charge is 2.15. The highest BCUT2D eigenvalue weighted by molar-refractivity contribution is 7.99. The number of aromatic nitrogens is 2. The van der Waals surface area contributed by atoms with E-state index in [-0.39, 0.29) is 11.7 Å². The summed E-state index contributed by atoms with van der Waals surface area (Å²) in [4.78, 5) is 23.0. The van der Waals surface area contributed by atoms with Gasteiger partial charge in [0.15, 0.2) is 0 Å². The Kier molecular flexibility index (Phi) is 5.99. The van der Waals surface area contributed by atoms with Gasteiger partial charge in [-0.1, -0.05) is 23.4 Å². The van der Waals surface area contributed by atoms with Crippen molar-refractivity contribution in [3.8, 4) is 5.75 Å². The summed E-state index contributed by atoms with van der Waals surface area (Å²) in [6, 6.07) is 7.03. The van der Waals surface area contributed by atoms with Crippen LogP contribution in [0.15, 0.2) is 35.6 Å². The van der Waals surface area contributed by atoms with Gasteiger partial charge >= 0.3 is 0 Å². The quantitative estimate of drug-likeness (QED) is 0.613. The van der Waals surface area contributed by atoms with Crippen LogP contribution in [-0.2, 0) is 4.79 Å². The first-order chi connectivity index (χ1) is 12.2. The van der Waals surface area contributed by atoms with Gasteiger partial charge in [-0.05, 0) is 31.0 Å². The van der Waals surface area contributed by atoms with Crippen molar-refractivity contribution in [2.24, 2.45) is 0 Å². The van der Waals surface area contributed by atoms with Gasteiger partial charge in [0.1, 0.15) is 22.9 Å². The average molecular weight is 379 g/mol. The van der Waals surface area contributed by atoms with Crippen molar-refractivity contribution < 1.29 is 9.53 Å². The molecule has 1 amide bonds. The van der Waals surface area contributed by atoms with E-state index >= 15 is 0 Å². The first kappa shape index (κ1) is 17.8. The summed E-state index contributed by atoms with van der Waals surface area (Å²) in [5, 5.41) is 4.14. The van der Waals surface area contributed by atoms with Crippen LogP contribution in [0.2, 0.25) is 5.02 Å². The van der Waals surface area contributed by atoms with Gasteiger partial charge in [0.25, 0.3) is 0 Å². The van der Waals surface area contributed by atoms with E-state index in [2.05, 4.69) is 20.2 Å². The third kappa shape index (κ3) is 4.76. The van der Waals surface area contributed by atoms with Crippen molar-refractivity contribution in [3.05, 3.63) is 35.6 Å². The van der Waals surface area contributed by atoms with E-state index in [1.165, 1.54) is 24.6 Å². The van der Waals surface area contributed by atoms with Crippen LogP contribution in [-0.4, -0.2) is 41.8 Å². The van der Waals surface area contributed by atoms with Gasteiger partial charge in [-0.25, -0.2) is 9.97 Å². The number of anilines is 2. The largest absolute Gasteiger partial charge is 0.495 e. The van der Waals surface area contributed by atoms with E-state index in [1.807, 2.05) is 6.07 Å². The molecule has 1 fully saturated rings. The van der Waals surface area contributed by atoms with Crippen LogP contribution >= 0.6 is 23.4 Å². The predicted molar refractivity (Wildman–Crippen MR) is 101 cm³/mol. The highest BCUT2D eigenvalue weighted by atomic mass is 35.5. The zero-order valence-electron chi connectivity index (χ0n) is 13.9. The third-order valence-electron chi connectivity index (χ3n) is 3.84. The molecule has 2 heterocycles. The number of nitrogens with one attached hydrogen (secondary N) is 1. The lowest BCUT2D eigenvalue weighted by molar-refractivity contribution is -0.113. The Morgan fingerprint density at radius 2 is 2.12 bits per heavy atom. The van der Waals surface area contributed by atoms with E-state index in [0.29, 0.717) is 16.5 Å². The molecule has 6 nitrogen and oxygen atoms in total. The molecule has 8 heteroatoms. The Bertz CT molecular complexity index is 753. The summed E-state index contributed by atoms with van der Waals surface area (Å²) >= 11 is 7.35. The van der Waals surface area contributed by atoms with E-state index in [4.69, 9.17) is 16.3 Å². The number of carbonyl (C=O) groups is 1. The maximum absolute atomic E-state index is 12.2. The van der Waals surface area contributed by atoms with Gasteiger partial charge in [0.2, 0.25) is 5.91 Å². The van der Waals surface area contributed by atoms with Gasteiger partial charge in [0.05, 0.1) is 18.6 Å². The minimum Gasteiger partial charge on any atom is -0.495 e. The van der Waals surface area contributed by atoms with Crippen LogP contribution in [0.5, 0.6) is 5.75 Å². The number of amides is 1. The summed E-state index contributed by atoms with van der Waals surface area (Å²) in [6.07, 6.45) is 3.93. The number of nitrogens with zero attached hydrogens (tertiary/aromatic N) is 3. The maximum atomic E-state index is 12.2. The Labute approximate surface area is 155 Å². The van der Waals surface area contributed by atoms with Crippen LogP contribution < -0.4 is 15.0 Å². The molecule has 2 aromatic rings. The van der Waals surface area contributed by atoms with Crippen molar-refractivity contribution in [1.82, 2.24) is 9.97 Å². The number of carbonyl (C=O) groups excluding carboxylic acids is 1. The fraction of sp³-hybridized carbons (Fsp3) is 0.353. The molecule has 0 saturated carbocycles. The van der Waals surface area contributed by atoms with Crippen molar-refractivity contribution in [2.45, 2.75) is 17.9 Å². The first-order valence-corrected chi connectivity index (χ1v) is 9.35. The molecule has 0 unspecified atom stereocenters. The number of benzene rings is 1. The molecule has 1 aromatic heterocycles. The highest BCUT2D eigenvalue weighted by Crippen LogP contribution is 2.28. The Morgan fingerprint density at radius 1 is 1.32 bits per heavy atom. The Hall–Kier alpha value is -1.99.